The van der Waals surface area contributed by atoms with Gasteiger partial charge in [0.25, 0.3) is 5.91 Å². The van der Waals surface area contributed by atoms with Crippen molar-refractivity contribution in [1.29, 1.82) is 0 Å². The Morgan fingerprint density at radius 2 is 1.90 bits per heavy atom. The Morgan fingerprint density at radius 1 is 1.17 bits per heavy atom. The van der Waals surface area contributed by atoms with Crippen molar-refractivity contribution in [2.75, 3.05) is 5.32 Å². The van der Waals surface area contributed by atoms with Gasteiger partial charge in [-0.15, -0.1) is 10.2 Å². The maximum Gasteiger partial charge on any atom is 0.266 e. The van der Waals surface area contributed by atoms with Crippen molar-refractivity contribution < 1.29 is 13.9 Å². The molecule has 1 atom stereocenters. The summed E-state index contributed by atoms with van der Waals surface area (Å²) in [5.74, 6) is 1.12. The largest absolute Gasteiger partial charge is 0.481 e. The lowest BCUT2D eigenvalue weighted by molar-refractivity contribution is -0.122. The lowest BCUT2D eigenvalue weighted by atomic mass is 10.0. The summed E-state index contributed by atoms with van der Waals surface area (Å²) in [7, 11) is 0. The van der Waals surface area contributed by atoms with Crippen LogP contribution in [0.3, 0.4) is 0 Å². The zero-order valence-electron chi connectivity index (χ0n) is 17.3. The fraction of sp³-hybridized carbons (Fsp3) is 0.318. The predicted molar refractivity (Wildman–Crippen MR) is 120 cm³/mol. The molecule has 1 heterocycles. The summed E-state index contributed by atoms with van der Waals surface area (Å²) >= 11 is 2.78. The molecule has 0 aliphatic carbocycles. The molecular formula is C22H24FN3O2S2. The molecule has 3 aromatic rings. The Morgan fingerprint density at radius 3 is 2.60 bits per heavy atom. The Balaban J connectivity index is 1.57. The van der Waals surface area contributed by atoms with E-state index in [4.69, 9.17) is 4.74 Å². The SMILES string of the molecule is Cc1ccc(C(C)C)c(OC(C)C(=O)Nc2nnc(SCc3ccc(F)cc3)s2)c1. The number of aryl methyl sites for hydroxylation is 1. The number of nitrogens with zero attached hydrogens (tertiary/aromatic N) is 2. The molecule has 1 aromatic heterocycles. The minimum atomic E-state index is -0.677. The van der Waals surface area contributed by atoms with E-state index in [1.54, 1.807) is 19.1 Å². The Kier molecular flexibility index (Phi) is 7.44. The van der Waals surface area contributed by atoms with Crippen LogP contribution < -0.4 is 10.1 Å². The number of aromatic nitrogens is 2. The molecule has 158 valence electrons. The predicted octanol–water partition coefficient (Wildman–Crippen LogP) is 5.81. The number of hydrogen-bond donors (Lipinski definition) is 1. The van der Waals surface area contributed by atoms with Crippen LogP contribution >= 0.6 is 23.1 Å². The zero-order chi connectivity index (χ0) is 21.7. The molecule has 0 spiro atoms. The fourth-order valence-corrected chi connectivity index (χ4v) is 4.43. The van der Waals surface area contributed by atoms with Crippen LogP contribution in [0.25, 0.3) is 0 Å². The van der Waals surface area contributed by atoms with Gasteiger partial charge in [0.1, 0.15) is 11.6 Å². The van der Waals surface area contributed by atoms with Crippen LogP contribution in [0.15, 0.2) is 46.8 Å². The van der Waals surface area contributed by atoms with E-state index < -0.39 is 6.10 Å². The zero-order valence-corrected chi connectivity index (χ0v) is 18.9. The Labute approximate surface area is 184 Å². The van der Waals surface area contributed by atoms with Crippen molar-refractivity contribution in [2.45, 2.75) is 49.8 Å². The van der Waals surface area contributed by atoms with E-state index in [9.17, 15) is 9.18 Å². The number of ether oxygens (including phenoxy) is 1. The Bertz CT molecular complexity index is 1010. The molecule has 1 amide bonds. The average Bonchev–Trinajstić information content (AvgIpc) is 3.14. The van der Waals surface area contributed by atoms with Gasteiger partial charge in [-0.3, -0.25) is 10.1 Å². The maximum absolute atomic E-state index is 13.0. The lowest BCUT2D eigenvalue weighted by Gasteiger charge is -2.18. The van der Waals surface area contributed by atoms with E-state index in [1.807, 2.05) is 25.1 Å². The summed E-state index contributed by atoms with van der Waals surface area (Å²) in [5.41, 5.74) is 3.13. The topological polar surface area (TPSA) is 64.1 Å². The number of carbonyl (C=O) groups is 1. The minimum Gasteiger partial charge on any atom is -0.481 e. The second kappa shape index (κ2) is 10.0. The van der Waals surface area contributed by atoms with Crippen molar-refractivity contribution in [2.24, 2.45) is 0 Å². The summed E-state index contributed by atoms with van der Waals surface area (Å²) in [4.78, 5) is 12.6. The molecule has 0 aliphatic rings. The lowest BCUT2D eigenvalue weighted by Crippen LogP contribution is -2.30. The average molecular weight is 446 g/mol. The molecule has 3 rings (SSSR count). The Hall–Kier alpha value is -2.45. The second-order valence-corrected chi connectivity index (χ2v) is 9.43. The van der Waals surface area contributed by atoms with Gasteiger partial charge < -0.3 is 4.74 Å². The van der Waals surface area contributed by atoms with Gasteiger partial charge in [-0.1, -0.05) is 61.2 Å². The highest BCUT2D eigenvalue weighted by molar-refractivity contribution is 8.00. The highest BCUT2D eigenvalue weighted by Crippen LogP contribution is 2.30. The van der Waals surface area contributed by atoms with Gasteiger partial charge in [0.05, 0.1) is 0 Å². The number of halogens is 1. The molecular weight excluding hydrogens is 421 g/mol. The summed E-state index contributed by atoms with van der Waals surface area (Å²) in [6, 6.07) is 12.4. The number of amides is 1. The van der Waals surface area contributed by atoms with E-state index in [0.717, 1.165) is 26.8 Å². The van der Waals surface area contributed by atoms with Gasteiger partial charge in [0, 0.05) is 5.75 Å². The molecule has 8 heteroatoms. The van der Waals surface area contributed by atoms with Crippen LogP contribution in [0.2, 0.25) is 0 Å². The van der Waals surface area contributed by atoms with E-state index in [0.29, 0.717) is 16.8 Å². The fourth-order valence-electron chi connectivity index (χ4n) is 2.72. The first-order valence-corrected chi connectivity index (χ1v) is 11.4. The molecule has 1 N–H and O–H groups in total. The van der Waals surface area contributed by atoms with Crippen molar-refractivity contribution >= 4 is 34.1 Å². The van der Waals surface area contributed by atoms with Crippen molar-refractivity contribution in [1.82, 2.24) is 10.2 Å². The minimum absolute atomic E-state index is 0.257. The van der Waals surface area contributed by atoms with Gasteiger partial charge in [-0.25, -0.2) is 4.39 Å². The number of thioether (sulfide) groups is 1. The molecule has 0 saturated carbocycles. The monoisotopic (exact) mass is 445 g/mol. The molecule has 0 fully saturated rings. The molecule has 0 bridgehead atoms. The summed E-state index contributed by atoms with van der Waals surface area (Å²) < 4.78 is 19.7. The molecule has 2 aromatic carbocycles. The standard InChI is InChI=1S/C22H24FN3O2S2/c1-13(2)18-10-5-14(3)11-19(18)28-15(4)20(27)24-21-25-26-22(30-21)29-12-16-6-8-17(23)9-7-16/h5-11,13,15H,12H2,1-4H3,(H,24,25,27). The number of carbonyl (C=O) groups excluding carboxylic acids is 1. The highest BCUT2D eigenvalue weighted by atomic mass is 32.2. The first kappa shape index (κ1) is 22.2. The number of benzene rings is 2. The van der Waals surface area contributed by atoms with E-state index in [2.05, 4.69) is 29.4 Å². The maximum atomic E-state index is 13.0. The molecule has 5 nitrogen and oxygen atoms in total. The summed E-state index contributed by atoms with van der Waals surface area (Å²) in [5, 5.41) is 11.3. The highest BCUT2D eigenvalue weighted by Gasteiger charge is 2.19. The number of hydrogen-bond acceptors (Lipinski definition) is 6. The third-order valence-electron chi connectivity index (χ3n) is 4.38. The van der Waals surface area contributed by atoms with E-state index in [-0.39, 0.29) is 11.7 Å². The van der Waals surface area contributed by atoms with Crippen LogP contribution in [0.4, 0.5) is 9.52 Å². The number of nitrogens with one attached hydrogen (secondary N) is 1. The summed E-state index contributed by atoms with van der Waals surface area (Å²) in [6.07, 6.45) is -0.677. The van der Waals surface area contributed by atoms with Gasteiger partial charge in [-0.05, 0) is 54.7 Å². The summed E-state index contributed by atoms with van der Waals surface area (Å²) in [6.45, 7) is 7.89. The van der Waals surface area contributed by atoms with Crippen molar-refractivity contribution in [3.63, 3.8) is 0 Å². The third-order valence-corrected chi connectivity index (χ3v) is 6.42. The van der Waals surface area contributed by atoms with Crippen molar-refractivity contribution in [3.8, 4) is 5.75 Å². The molecule has 0 radical (unpaired) electrons. The van der Waals surface area contributed by atoms with Crippen molar-refractivity contribution in [3.05, 3.63) is 65.0 Å². The molecule has 30 heavy (non-hydrogen) atoms. The van der Waals surface area contributed by atoms with E-state index in [1.165, 1.54) is 35.2 Å². The quantitative estimate of drug-likeness (QED) is 0.350. The van der Waals surface area contributed by atoms with Gasteiger partial charge in [0.15, 0.2) is 10.4 Å². The first-order chi connectivity index (χ1) is 14.3. The third kappa shape index (κ3) is 6.03. The number of rotatable bonds is 8. The van der Waals surface area contributed by atoms with Crippen LogP contribution in [0.5, 0.6) is 5.75 Å². The molecule has 0 saturated heterocycles. The van der Waals surface area contributed by atoms with E-state index >= 15 is 0 Å². The number of anilines is 1. The normalized spacial score (nSPS) is 12.1. The molecule has 0 aliphatic heterocycles. The van der Waals surface area contributed by atoms with Crippen LogP contribution in [0, 0.1) is 12.7 Å². The van der Waals surface area contributed by atoms with Gasteiger partial charge in [0.2, 0.25) is 5.13 Å². The second-order valence-electron chi connectivity index (χ2n) is 7.23. The van der Waals surface area contributed by atoms with Crippen LogP contribution in [-0.2, 0) is 10.5 Å². The van der Waals surface area contributed by atoms with Crippen LogP contribution in [0.1, 0.15) is 43.4 Å². The molecule has 1 unspecified atom stereocenters. The van der Waals surface area contributed by atoms with Crippen LogP contribution in [-0.4, -0.2) is 22.2 Å². The smallest absolute Gasteiger partial charge is 0.266 e. The van der Waals surface area contributed by atoms with Gasteiger partial charge >= 0.3 is 0 Å². The van der Waals surface area contributed by atoms with Gasteiger partial charge in [-0.2, -0.15) is 0 Å². The first-order valence-electron chi connectivity index (χ1n) is 9.60.